The molecule has 0 aromatic heterocycles. The fourth-order valence-electron chi connectivity index (χ4n) is 3.04. The quantitative estimate of drug-likeness (QED) is 0.829. The fourth-order valence-corrected chi connectivity index (χ4v) is 3.49. The number of hydrogen-bond acceptors (Lipinski definition) is 2. The molecule has 21 heavy (non-hydrogen) atoms. The Morgan fingerprint density at radius 2 is 2.33 bits per heavy atom. The van der Waals surface area contributed by atoms with Crippen molar-refractivity contribution in [3.05, 3.63) is 33.3 Å². The fraction of sp³-hybridized carbons (Fsp3) is 0.562. The third kappa shape index (κ3) is 4.97. The average Bonchev–Trinajstić information content (AvgIpc) is 2.42. The van der Waals surface area contributed by atoms with Gasteiger partial charge in [0.2, 0.25) is 0 Å². The van der Waals surface area contributed by atoms with Gasteiger partial charge >= 0.3 is 5.97 Å². The molecule has 116 valence electrons. The van der Waals surface area contributed by atoms with Gasteiger partial charge in [-0.3, -0.25) is 9.69 Å². The van der Waals surface area contributed by atoms with E-state index in [0.717, 1.165) is 42.0 Å². The first-order chi connectivity index (χ1) is 9.95. The summed E-state index contributed by atoms with van der Waals surface area (Å²) in [7, 11) is 0. The molecule has 1 fully saturated rings. The molecule has 0 bridgehead atoms. The van der Waals surface area contributed by atoms with Crippen molar-refractivity contribution in [2.45, 2.75) is 32.7 Å². The number of nitrogens with zero attached hydrogens (tertiary/aromatic N) is 1. The van der Waals surface area contributed by atoms with Gasteiger partial charge in [0.15, 0.2) is 0 Å². The van der Waals surface area contributed by atoms with Crippen LogP contribution >= 0.6 is 27.5 Å². The van der Waals surface area contributed by atoms with Crippen molar-refractivity contribution in [2.24, 2.45) is 11.8 Å². The van der Waals surface area contributed by atoms with Crippen molar-refractivity contribution in [2.75, 3.05) is 13.1 Å². The third-order valence-corrected chi connectivity index (χ3v) is 5.47. The highest BCUT2D eigenvalue weighted by Crippen LogP contribution is 2.28. The Morgan fingerprint density at radius 3 is 3.00 bits per heavy atom. The summed E-state index contributed by atoms with van der Waals surface area (Å²) in [6.45, 7) is 4.98. The molecule has 5 heteroatoms. The first kappa shape index (κ1) is 16.8. The van der Waals surface area contributed by atoms with E-state index in [2.05, 4.69) is 33.8 Å². The third-order valence-electron chi connectivity index (χ3n) is 4.23. The molecular weight excluding hydrogens is 354 g/mol. The summed E-state index contributed by atoms with van der Waals surface area (Å²) in [5.41, 5.74) is 1.20. The van der Waals surface area contributed by atoms with Crippen molar-refractivity contribution < 1.29 is 9.90 Å². The van der Waals surface area contributed by atoms with E-state index in [4.69, 9.17) is 16.7 Å². The second-order valence-corrected chi connectivity index (χ2v) is 7.22. The number of likely N-dealkylation sites (tertiary alicyclic amines) is 1. The van der Waals surface area contributed by atoms with Gasteiger partial charge in [-0.15, -0.1) is 0 Å². The van der Waals surface area contributed by atoms with E-state index in [9.17, 15) is 4.79 Å². The number of rotatable bonds is 5. The highest BCUT2D eigenvalue weighted by atomic mass is 79.9. The minimum atomic E-state index is -0.695. The molecule has 1 aromatic carbocycles. The number of carboxylic acid groups (broad SMARTS) is 1. The summed E-state index contributed by atoms with van der Waals surface area (Å²) in [6, 6.07) is 6.06. The summed E-state index contributed by atoms with van der Waals surface area (Å²) in [5, 5.41) is 9.68. The van der Waals surface area contributed by atoms with Crippen LogP contribution in [0.5, 0.6) is 0 Å². The molecule has 1 aliphatic rings. The number of halogens is 2. The summed E-state index contributed by atoms with van der Waals surface area (Å²) in [4.78, 5) is 13.3. The molecule has 2 rings (SSSR count). The van der Waals surface area contributed by atoms with Crippen LogP contribution in [0.2, 0.25) is 5.02 Å². The minimum Gasteiger partial charge on any atom is -0.481 e. The van der Waals surface area contributed by atoms with Crippen LogP contribution in [0.25, 0.3) is 0 Å². The summed E-state index contributed by atoms with van der Waals surface area (Å²) >= 11 is 9.54. The van der Waals surface area contributed by atoms with E-state index in [0.29, 0.717) is 5.92 Å². The largest absolute Gasteiger partial charge is 0.481 e. The first-order valence-electron chi connectivity index (χ1n) is 7.33. The van der Waals surface area contributed by atoms with Gasteiger partial charge in [-0.1, -0.05) is 24.6 Å². The number of aliphatic carboxylic acids is 1. The van der Waals surface area contributed by atoms with Crippen molar-refractivity contribution in [1.29, 1.82) is 0 Å². The Hall–Kier alpha value is -0.580. The van der Waals surface area contributed by atoms with Crippen molar-refractivity contribution >= 4 is 33.5 Å². The molecule has 2 unspecified atom stereocenters. The van der Waals surface area contributed by atoms with Gasteiger partial charge in [0.1, 0.15) is 0 Å². The second kappa shape index (κ2) is 7.61. The van der Waals surface area contributed by atoms with Crippen LogP contribution in [0.1, 0.15) is 31.7 Å². The van der Waals surface area contributed by atoms with Gasteiger partial charge in [-0.05, 0) is 64.8 Å². The number of hydrogen-bond donors (Lipinski definition) is 1. The molecular formula is C16H21BrClNO2. The van der Waals surface area contributed by atoms with Crippen LogP contribution in [-0.2, 0) is 11.3 Å². The van der Waals surface area contributed by atoms with Crippen molar-refractivity contribution in [1.82, 2.24) is 4.90 Å². The highest BCUT2D eigenvalue weighted by Gasteiger charge is 2.26. The maximum absolute atomic E-state index is 10.9. The van der Waals surface area contributed by atoms with Crippen molar-refractivity contribution in [3.8, 4) is 0 Å². The van der Waals surface area contributed by atoms with E-state index in [-0.39, 0.29) is 12.3 Å². The van der Waals surface area contributed by atoms with Crippen LogP contribution in [0.3, 0.4) is 0 Å². The van der Waals surface area contributed by atoms with E-state index in [1.165, 1.54) is 5.56 Å². The van der Waals surface area contributed by atoms with Crippen LogP contribution < -0.4 is 0 Å². The molecule has 0 radical (unpaired) electrons. The topological polar surface area (TPSA) is 40.5 Å². The Morgan fingerprint density at radius 1 is 1.57 bits per heavy atom. The molecule has 1 heterocycles. The SMILES string of the molecule is CC(CC(=O)O)C1CCCN(Cc2ccc(Br)c(Cl)c2)C1. The van der Waals surface area contributed by atoms with Crippen molar-refractivity contribution in [3.63, 3.8) is 0 Å². The lowest BCUT2D eigenvalue weighted by molar-refractivity contribution is -0.138. The van der Waals surface area contributed by atoms with Crippen LogP contribution in [-0.4, -0.2) is 29.1 Å². The number of carboxylic acids is 1. The van der Waals surface area contributed by atoms with Gasteiger partial charge in [-0.25, -0.2) is 0 Å². The van der Waals surface area contributed by atoms with Crippen LogP contribution in [0.4, 0.5) is 0 Å². The predicted molar refractivity (Wildman–Crippen MR) is 88.6 cm³/mol. The minimum absolute atomic E-state index is 0.235. The molecule has 0 saturated carbocycles. The molecule has 0 spiro atoms. The second-order valence-electron chi connectivity index (χ2n) is 5.96. The number of benzene rings is 1. The summed E-state index contributed by atoms with van der Waals surface area (Å²) in [6.07, 6.45) is 2.54. The molecule has 1 aromatic rings. The zero-order chi connectivity index (χ0) is 15.4. The molecule has 1 saturated heterocycles. The van der Waals surface area contributed by atoms with Gasteiger partial charge in [0.05, 0.1) is 5.02 Å². The van der Waals surface area contributed by atoms with E-state index >= 15 is 0 Å². The van der Waals surface area contributed by atoms with Gasteiger partial charge < -0.3 is 5.11 Å². The van der Waals surface area contributed by atoms with Gasteiger partial charge in [0.25, 0.3) is 0 Å². The zero-order valence-electron chi connectivity index (χ0n) is 12.2. The summed E-state index contributed by atoms with van der Waals surface area (Å²) < 4.78 is 0.916. The molecule has 0 aliphatic carbocycles. The lowest BCUT2D eigenvalue weighted by atomic mass is 9.84. The monoisotopic (exact) mass is 373 g/mol. The molecule has 3 nitrogen and oxygen atoms in total. The molecule has 1 N–H and O–H groups in total. The Kier molecular flexibility index (Phi) is 6.08. The molecule has 1 aliphatic heterocycles. The lowest BCUT2D eigenvalue weighted by Gasteiger charge is -2.35. The number of piperidine rings is 1. The number of carbonyl (C=O) groups is 1. The zero-order valence-corrected chi connectivity index (χ0v) is 14.5. The van der Waals surface area contributed by atoms with Crippen LogP contribution in [0, 0.1) is 11.8 Å². The summed E-state index contributed by atoms with van der Waals surface area (Å²) in [5.74, 6) is 0.0129. The predicted octanol–water partition coefficient (Wildman–Crippen LogP) is 4.43. The Bertz CT molecular complexity index is 509. The average molecular weight is 375 g/mol. The van der Waals surface area contributed by atoms with E-state index < -0.39 is 5.97 Å². The van der Waals surface area contributed by atoms with Crippen LogP contribution in [0.15, 0.2) is 22.7 Å². The maximum Gasteiger partial charge on any atom is 0.303 e. The molecule has 0 amide bonds. The highest BCUT2D eigenvalue weighted by molar-refractivity contribution is 9.10. The Balaban J connectivity index is 1.94. The van der Waals surface area contributed by atoms with Gasteiger partial charge in [-0.2, -0.15) is 0 Å². The first-order valence-corrected chi connectivity index (χ1v) is 8.51. The molecule has 2 atom stereocenters. The standard InChI is InChI=1S/C16H21BrClNO2/c1-11(7-16(20)21)13-3-2-6-19(10-13)9-12-4-5-14(17)15(18)8-12/h4-5,8,11,13H,2-3,6-7,9-10H2,1H3,(H,20,21). The Labute approximate surface area is 139 Å². The lowest BCUT2D eigenvalue weighted by Crippen LogP contribution is -2.37. The van der Waals surface area contributed by atoms with Gasteiger partial charge in [0, 0.05) is 24.0 Å². The maximum atomic E-state index is 10.9. The van der Waals surface area contributed by atoms with E-state index in [1.54, 1.807) is 0 Å². The normalized spacial score (nSPS) is 21.2. The smallest absolute Gasteiger partial charge is 0.303 e. The van der Waals surface area contributed by atoms with E-state index in [1.807, 2.05) is 12.1 Å².